The number of hydrogen-bond donors (Lipinski definition) is 2. The van der Waals surface area contributed by atoms with Gasteiger partial charge in [-0.2, -0.15) is 0 Å². The molecule has 0 aromatic heterocycles. The predicted octanol–water partition coefficient (Wildman–Crippen LogP) is 3.26. The van der Waals surface area contributed by atoms with Gasteiger partial charge in [-0.1, -0.05) is 41.9 Å². The van der Waals surface area contributed by atoms with Crippen LogP contribution in [-0.2, 0) is 10.2 Å². The third-order valence-electron chi connectivity index (χ3n) is 4.04. The van der Waals surface area contributed by atoms with E-state index in [2.05, 4.69) is 52.5 Å². The Hall–Kier alpha value is -0.580. The first-order valence-corrected chi connectivity index (χ1v) is 8.03. The molecule has 0 radical (unpaired) electrons. The molecule has 1 aromatic carbocycles. The predicted molar refractivity (Wildman–Crippen MR) is 93.0 cm³/mol. The van der Waals surface area contributed by atoms with E-state index < -0.39 is 0 Å². The van der Waals surface area contributed by atoms with Gasteiger partial charge in [0, 0.05) is 22.4 Å². The topological polar surface area (TPSA) is 41.1 Å². The highest BCUT2D eigenvalue weighted by Gasteiger charge is 2.25. The maximum Gasteiger partial charge on any atom is 0.223 e. The lowest BCUT2D eigenvalue weighted by Crippen LogP contribution is -2.42. The minimum atomic E-state index is -0.0523. The SMILES string of the molecule is CC(C)(CNC(=O)C1CCNCC1)c1ccc(Br)cc1.Cl. The zero-order valence-electron chi connectivity index (χ0n) is 12.6. The number of carbonyl (C=O) groups excluding carboxylic acids is 1. The lowest BCUT2D eigenvalue weighted by molar-refractivity contribution is -0.125. The summed E-state index contributed by atoms with van der Waals surface area (Å²) in [4.78, 5) is 12.2. The van der Waals surface area contributed by atoms with E-state index in [1.165, 1.54) is 5.56 Å². The molecular weight excluding hydrogens is 352 g/mol. The van der Waals surface area contributed by atoms with Crippen LogP contribution >= 0.6 is 28.3 Å². The Morgan fingerprint density at radius 3 is 2.43 bits per heavy atom. The molecule has 1 aliphatic rings. The maximum atomic E-state index is 12.2. The summed E-state index contributed by atoms with van der Waals surface area (Å²) in [5, 5.41) is 6.42. The van der Waals surface area contributed by atoms with Crippen molar-refractivity contribution in [2.24, 2.45) is 5.92 Å². The summed E-state index contributed by atoms with van der Waals surface area (Å²) in [5.41, 5.74) is 1.19. The Kier molecular flexibility index (Phi) is 7.17. The van der Waals surface area contributed by atoms with E-state index in [1.54, 1.807) is 0 Å². The van der Waals surface area contributed by atoms with E-state index in [4.69, 9.17) is 0 Å². The van der Waals surface area contributed by atoms with Crippen molar-refractivity contribution in [3.8, 4) is 0 Å². The average Bonchev–Trinajstić information content (AvgIpc) is 2.46. The number of halogens is 2. The van der Waals surface area contributed by atoms with Gasteiger partial charge in [0.25, 0.3) is 0 Å². The molecule has 0 atom stereocenters. The minimum absolute atomic E-state index is 0. The van der Waals surface area contributed by atoms with Crippen LogP contribution in [0.4, 0.5) is 0 Å². The number of benzene rings is 1. The largest absolute Gasteiger partial charge is 0.355 e. The molecule has 1 saturated heterocycles. The van der Waals surface area contributed by atoms with Crippen molar-refractivity contribution >= 4 is 34.2 Å². The van der Waals surface area contributed by atoms with Gasteiger partial charge in [0.2, 0.25) is 5.91 Å². The molecule has 5 heteroatoms. The van der Waals surface area contributed by atoms with Gasteiger partial charge in [0.1, 0.15) is 0 Å². The lowest BCUT2D eigenvalue weighted by Gasteiger charge is -2.28. The molecule has 1 aromatic rings. The van der Waals surface area contributed by atoms with Crippen LogP contribution in [0.1, 0.15) is 32.3 Å². The van der Waals surface area contributed by atoms with E-state index in [1.807, 2.05) is 12.1 Å². The molecule has 1 amide bonds. The van der Waals surface area contributed by atoms with E-state index >= 15 is 0 Å². The fraction of sp³-hybridized carbons (Fsp3) is 0.562. The van der Waals surface area contributed by atoms with Crippen molar-refractivity contribution < 1.29 is 4.79 Å². The Bertz CT molecular complexity index is 456. The molecule has 21 heavy (non-hydrogen) atoms. The second kappa shape index (κ2) is 8.16. The van der Waals surface area contributed by atoms with Gasteiger partial charge in [-0.25, -0.2) is 0 Å². The van der Waals surface area contributed by atoms with Crippen LogP contribution in [0.15, 0.2) is 28.7 Å². The maximum absolute atomic E-state index is 12.2. The second-order valence-electron chi connectivity index (χ2n) is 6.13. The summed E-state index contributed by atoms with van der Waals surface area (Å²) in [7, 11) is 0. The summed E-state index contributed by atoms with van der Waals surface area (Å²) in [6.45, 7) is 6.91. The summed E-state index contributed by atoms with van der Waals surface area (Å²) < 4.78 is 1.08. The molecule has 1 fully saturated rings. The molecule has 1 heterocycles. The first kappa shape index (κ1) is 18.5. The van der Waals surface area contributed by atoms with Gasteiger partial charge in [-0.15, -0.1) is 12.4 Å². The zero-order chi connectivity index (χ0) is 14.6. The zero-order valence-corrected chi connectivity index (χ0v) is 15.0. The quantitative estimate of drug-likeness (QED) is 0.848. The van der Waals surface area contributed by atoms with Gasteiger partial charge in [0.15, 0.2) is 0 Å². The molecule has 0 spiro atoms. The Balaban J connectivity index is 0.00000220. The van der Waals surface area contributed by atoms with Crippen molar-refractivity contribution in [1.29, 1.82) is 0 Å². The molecule has 2 N–H and O–H groups in total. The van der Waals surface area contributed by atoms with Crippen molar-refractivity contribution in [3.63, 3.8) is 0 Å². The minimum Gasteiger partial charge on any atom is -0.355 e. The van der Waals surface area contributed by atoms with Crippen LogP contribution in [0.3, 0.4) is 0 Å². The van der Waals surface area contributed by atoms with Gasteiger partial charge in [0.05, 0.1) is 0 Å². The average molecular weight is 376 g/mol. The first-order chi connectivity index (χ1) is 9.49. The monoisotopic (exact) mass is 374 g/mol. The molecule has 0 bridgehead atoms. The van der Waals surface area contributed by atoms with Crippen molar-refractivity contribution in [2.45, 2.75) is 32.1 Å². The third kappa shape index (κ3) is 5.28. The van der Waals surface area contributed by atoms with Gasteiger partial charge in [-0.05, 0) is 43.6 Å². The van der Waals surface area contributed by atoms with Crippen LogP contribution in [0.2, 0.25) is 0 Å². The van der Waals surface area contributed by atoms with E-state index in [0.717, 1.165) is 30.4 Å². The number of amides is 1. The molecule has 1 aliphatic heterocycles. The second-order valence-corrected chi connectivity index (χ2v) is 7.05. The van der Waals surface area contributed by atoms with Crippen LogP contribution in [0, 0.1) is 5.92 Å². The molecule has 118 valence electrons. The summed E-state index contributed by atoms with van der Waals surface area (Å²) in [6, 6.07) is 8.32. The van der Waals surface area contributed by atoms with Gasteiger partial charge in [-0.3, -0.25) is 4.79 Å². The molecule has 0 aliphatic carbocycles. The molecule has 2 rings (SSSR count). The smallest absolute Gasteiger partial charge is 0.223 e. The van der Waals surface area contributed by atoms with Crippen molar-refractivity contribution in [1.82, 2.24) is 10.6 Å². The van der Waals surface area contributed by atoms with E-state index in [0.29, 0.717) is 6.54 Å². The molecule has 0 saturated carbocycles. The number of rotatable bonds is 4. The lowest BCUT2D eigenvalue weighted by atomic mass is 9.84. The Morgan fingerprint density at radius 1 is 1.29 bits per heavy atom. The number of nitrogens with one attached hydrogen (secondary N) is 2. The summed E-state index contributed by atoms with van der Waals surface area (Å²) in [6.07, 6.45) is 1.90. The van der Waals surface area contributed by atoms with Crippen molar-refractivity contribution in [2.75, 3.05) is 19.6 Å². The molecule has 0 unspecified atom stereocenters. The van der Waals surface area contributed by atoms with Crippen LogP contribution in [-0.4, -0.2) is 25.5 Å². The van der Waals surface area contributed by atoms with E-state index in [-0.39, 0.29) is 29.6 Å². The fourth-order valence-corrected chi connectivity index (χ4v) is 2.80. The Labute approximate surface area is 141 Å². The summed E-state index contributed by atoms with van der Waals surface area (Å²) in [5.74, 6) is 0.383. The number of hydrogen-bond acceptors (Lipinski definition) is 2. The van der Waals surface area contributed by atoms with Crippen LogP contribution in [0.25, 0.3) is 0 Å². The Morgan fingerprint density at radius 2 is 1.86 bits per heavy atom. The summed E-state index contributed by atoms with van der Waals surface area (Å²) >= 11 is 3.45. The van der Waals surface area contributed by atoms with Crippen molar-refractivity contribution in [3.05, 3.63) is 34.3 Å². The van der Waals surface area contributed by atoms with E-state index in [9.17, 15) is 4.79 Å². The standard InChI is InChI=1S/C16H23BrN2O.ClH/c1-16(2,13-3-5-14(17)6-4-13)11-19-15(20)12-7-9-18-10-8-12;/h3-6,12,18H,7-11H2,1-2H3,(H,19,20);1H. The fourth-order valence-electron chi connectivity index (χ4n) is 2.54. The highest BCUT2D eigenvalue weighted by Crippen LogP contribution is 2.24. The highest BCUT2D eigenvalue weighted by molar-refractivity contribution is 9.10. The normalized spacial score (nSPS) is 16.1. The van der Waals surface area contributed by atoms with Gasteiger partial charge >= 0.3 is 0 Å². The molecular formula is C16H24BrClN2O. The first-order valence-electron chi connectivity index (χ1n) is 7.23. The highest BCUT2D eigenvalue weighted by atomic mass is 79.9. The third-order valence-corrected chi connectivity index (χ3v) is 4.57. The van der Waals surface area contributed by atoms with Gasteiger partial charge < -0.3 is 10.6 Å². The van der Waals surface area contributed by atoms with Crippen LogP contribution < -0.4 is 10.6 Å². The molecule has 3 nitrogen and oxygen atoms in total. The van der Waals surface area contributed by atoms with Crippen LogP contribution in [0.5, 0.6) is 0 Å². The number of piperidine rings is 1. The number of carbonyl (C=O) groups is 1.